The molecule has 122 valence electrons. The van der Waals surface area contributed by atoms with Crippen LogP contribution >= 0.6 is 0 Å². The highest BCUT2D eigenvalue weighted by molar-refractivity contribution is 5.68. The molecule has 1 aromatic heterocycles. The van der Waals surface area contributed by atoms with Crippen molar-refractivity contribution in [2.45, 2.75) is 26.7 Å². The minimum atomic E-state index is -0.633. The number of nitrogens with zero attached hydrogens (tertiary/aromatic N) is 3. The Morgan fingerprint density at radius 2 is 2.04 bits per heavy atom. The topological polar surface area (TPSA) is 65.7 Å². The summed E-state index contributed by atoms with van der Waals surface area (Å²) in [5.41, 5.74) is 0.877. The summed E-state index contributed by atoms with van der Waals surface area (Å²) < 4.78 is 12.3. The zero-order valence-corrected chi connectivity index (χ0v) is 13.4. The largest absolute Gasteiger partial charge is 0.478 e. The molecule has 1 heterocycles. The normalized spacial score (nSPS) is 11.3. The summed E-state index contributed by atoms with van der Waals surface area (Å²) in [4.78, 5) is 15.3. The summed E-state index contributed by atoms with van der Waals surface area (Å²) >= 11 is 0. The molecule has 0 fully saturated rings. The maximum atomic E-state index is 11.5. The number of amides is 1. The number of hydrogen-bond donors (Lipinski definition) is 0. The predicted molar refractivity (Wildman–Crippen MR) is 86.6 cm³/mol. The molecule has 0 bridgehead atoms. The van der Waals surface area contributed by atoms with E-state index in [9.17, 15) is 4.79 Å². The highest BCUT2D eigenvalue weighted by Crippen LogP contribution is 2.14. The van der Waals surface area contributed by atoms with Crippen molar-refractivity contribution in [3.8, 4) is 11.6 Å². The average molecular weight is 315 g/mol. The lowest BCUT2D eigenvalue weighted by Crippen LogP contribution is -2.16. The minimum absolute atomic E-state index is 0.284. The molecule has 2 rings (SSSR count). The molecule has 1 aromatic carbocycles. The molecule has 0 saturated heterocycles. The van der Waals surface area contributed by atoms with Crippen LogP contribution in [0.3, 0.4) is 0 Å². The summed E-state index contributed by atoms with van der Waals surface area (Å²) in [5, 5.41) is 4.74. The molecule has 0 aliphatic carbocycles. The fraction of sp³-hybridized carbons (Fsp3) is 0.353. The van der Waals surface area contributed by atoms with Crippen LogP contribution in [0.25, 0.3) is 5.69 Å². The quantitative estimate of drug-likeness (QED) is 0.768. The fourth-order valence-electron chi connectivity index (χ4n) is 1.91. The first-order chi connectivity index (χ1) is 11.2. The molecule has 0 unspecified atom stereocenters. The number of rotatable bonds is 6. The number of ether oxygens (including phenoxy) is 2. The zero-order chi connectivity index (χ0) is 16.5. The summed E-state index contributed by atoms with van der Waals surface area (Å²) in [6.07, 6.45) is 2.85. The Kier molecular flexibility index (Phi) is 6.35. The van der Waals surface area contributed by atoms with Crippen LogP contribution in [-0.2, 0) is 4.74 Å². The van der Waals surface area contributed by atoms with Gasteiger partial charge in [-0.15, -0.1) is 0 Å². The van der Waals surface area contributed by atoms with Gasteiger partial charge < -0.3 is 9.47 Å². The van der Waals surface area contributed by atoms with Gasteiger partial charge in [-0.3, -0.25) is 0 Å². The lowest BCUT2D eigenvalue weighted by atomic mass is 10.3. The van der Waals surface area contributed by atoms with Gasteiger partial charge in [0.2, 0.25) is 5.88 Å². The van der Waals surface area contributed by atoms with Gasteiger partial charge in [0, 0.05) is 6.07 Å². The van der Waals surface area contributed by atoms with Crippen LogP contribution in [0.5, 0.6) is 5.88 Å². The van der Waals surface area contributed by atoms with E-state index in [0.29, 0.717) is 17.8 Å². The standard InChI is InChI=1S/C17H21N3O3/c1-3-5-11-23-16-12-14(19-17(21)22-4-2)13-18-20(16)15-9-7-6-8-10-15/h6-10,12-13H,3-5,11H2,1-2H3/b19-14+. The fourth-order valence-corrected chi connectivity index (χ4v) is 1.91. The molecule has 0 aliphatic heterocycles. The molecule has 0 radical (unpaired) electrons. The number of carbonyl (C=O) groups excluding carboxylic acids is 1. The monoisotopic (exact) mass is 315 g/mol. The van der Waals surface area contributed by atoms with Gasteiger partial charge >= 0.3 is 6.09 Å². The molecule has 0 N–H and O–H groups in total. The number of carbonyl (C=O) groups is 1. The SMILES string of the molecule is CCCCOc1c/c(=N\C(=O)OCC)cnn1-c1ccccc1. The third kappa shape index (κ3) is 4.95. The van der Waals surface area contributed by atoms with Crippen molar-refractivity contribution in [1.29, 1.82) is 0 Å². The van der Waals surface area contributed by atoms with E-state index in [2.05, 4.69) is 17.0 Å². The molecule has 0 atom stereocenters. The highest BCUT2D eigenvalue weighted by atomic mass is 16.5. The number of hydrogen-bond acceptors (Lipinski definition) is 4. The van der Waals surface area contributed by atoms with E-state index in [0.717, 1.165) is 18.5 Å². The molecule has 0 aliphatic rings. The lowest BCUT2D eigenvalue weighted by Gasteiger charge is -2.12. The third-order valence-corrected chi connectivity index (χ3v) is 3.02. The first-order valence-corrected chi connectivity index (χ1v) is 7.73. The number of aromatic nitrogens is 2. The molecule has 0 spiro atoms. The number of benzene rings is 1. The van der Waals surface area contributed by atoms with Crippen LogP contribution in [0.1, 0.15) is 26.7 Å². The summed E-state index contributed by atoms with van der Waals surface area (Å²) in [7, 11) is 0. The van der Waals surface area contributed by atoms with Gasteiger partial charge in [0.15, 0.2) is 0 Å². The average Bonchev–Trinajstić information content (AvgIpc) is 2.56. The Bertz CT molecular complexity index is 696. The number of para-hydroxylation sites is 1. The second-order valence-electron chi connectivity index (χ2n) is 4.81. The first-order valence-electron chi connectivity index (χ1n) is 7.73. The summed E-state index contributed by atoms with van der Waals surface area (Å²) in [6.45, 7) is 4.69. The summed E-state index contributed by atoms with van der Waals surface area (Å²) in [6, 6.07) is 11.3. The second-order valence-corrected chi connectivity index (χ2v) is 4.81. The van der Waals surface area contributed by atoms with Crippen molar-refractivity contribution < 1.29 is 14.3 Å². The lowest BCUT2D eigenvalue weighted by molar-refractivity contribution is 0.162. The molecule has 6 nitrogen and oxygen atoms in total. The highest BCUT2D eigenvalue weighted by Gasteiger charge is 2.06. The number of unbranched alkanes of at least 4 members (excludes halogenated alkanes) is 1. The molecule has 6 heteroatoms. The van der Waals surface area contributed by atoms with Crippen molar-refractivity contribution >= 4 is 6.09 Å². The van der Waals surface area contributed by atoms with E-state index < -0.39 is 6.09 Å². The van der Waals surface area contributed by atoms with Crippen molar-refractivity contribution in [2.24, 2.45) is 4.99 Å². The van der Waals surface area contributed by atoms with Crippen LogP contribution in [0, 0.1) is 0 Å². The van der Waals surface area contributed by atoms with Crippen molar-refractivity contribution in [3.05, 3.63) is 48.0 Å². The third-order valence-electron chi connectivity index (χ3n) is 3.02. The maximum absolute atomic E-state index is 11.5. The van der Waals surface area contributed by atoms with E-state index in [1.807, 2.05) is 30.3 Å². The molecule has 2 aromatic rings. The van der Waals surface area contributed by atoms with Crippen LogP contribution in [0.4, 0.5) is 4.79 Å². The Morgan fingerprint density at radius 1 is 1.26 bits per heavy atom. The second kappa shape index (κ2) is 8.73. The van der Waals surface area contributed by atoms with Gasteiger partial charge in [0.25, 0.3) is 0 Å². The van der Waals surface area contributed by atoms with Gasteiger partial charge in [-0.1, -0.05) is 31.5 Å². The van der Waals surface area contributed by atoms with Crippen LogP contribution in [0.15, 0.2) is 47.6 Å². The predicted octanol–water partition coefficient (Wildman–Crippen LogP) is 3.11. The van der Waals surface area contributed by atoms with E-state index in [-0.39, 0.29) is 6.61 Å². The van der Waals surface area contributed by atoms with E-state index in [4.69, 9.17) is 9.47 Å². The van der Waals surface area contributed by atoms with Crippen molar-refractivity contribution in [1.82, 2.24) is 9.78 Å². The first kappa shape index (κ1) is 16.7. The molecule has 0 saturated carbocycles. The summed E-state index contributed by atoms with van der Waals surface area (Å²) in [5.74, 6) is 0.537. The van der Waals surface area contributed by atoms with Gasteiger partial charge in [-0.2, -0.15) is 10.1 Å². The molecular weight excluding hydrogens is 294 g/mol. The molecular formula is C17H21N3O3. The maximum Gasteiger partial charge on any atom is 0.434 e. The Hall–Kier alpha value is -2.63. The Labute approximate surface area is 135 Å². The zero-order valence-electron chi connectivity index (χ0n) is 13.4. The minimum Gasteiger partial charge on any atom is -0.478 e. The van der Waals surface area contributed by atoms with Gasteiger partial charge in [0.05, 0.1) is 30.5 Å². The van der Waals surface area contributed by atoms with Crippen molar-refractivity contribution in [3.63, 3.8) is 0 Å². The smallest absolute Gasteiger partial charge is 0.434 e. The van der Waals surface area contributed by atoms with Gasteiger partial charge in [-0.25, -0.2) is 9.48 Å². The van der Waals surface area contributed by atoms with Gasteiger partial charge in [0.1, 0.15) is 0 Å². The Morgan fingerprint density at radius 3 is 2.74 bits per heavy atom. The van der Waals surface area contributed by atoms with Crippen LogP contribution < -0.4 is 10.1 Å². The van der Waals surface area contributed by atoms with E-state index >= 15 is 0 Å². The molecule has 23 heavy (non-hydrogen) atoms. The Balaban J connectivity index is 2.36. The van der Waals surface area contributed by atoms with Gasteiger partial charge in [-0.05, 0) is 25.5 Å². The van der Waals surface area contributed by atoms with E-state index in [1.54, 1.807) is 17.7 Å². The van der Waals surface area contributed by atoms with E-state index in [1.165, 1.54) is 6.20 Å². The van der Waals surface area contributed by atoms with Crippen LogP contribution in [-0.4, -0.2) is 29.1 Å². The van der Waals surface area contributed by atoms with Crippen molar-refractivity contribution in [2.75, 3.05) is 13.2 Å². The van der Waals surface area contributed by atoms with Crippen LogP contribution in [0.2, 0.25) is 0 Å². The molecule has 1 amide bonds.